The fraction of sp³-hybridized carbons (Fsp3) is 0.840. The molecule has 0 aliphatic heterocycles. The lowest BCUT2D eigenvalue weighted by molar-refractivity contribution is 0.720. The molecule has 0 saturated heterocycles. The number of hydrogen-bond acceptors (Lipinski definition) is 0. The fourth-order valence-electron chi connectivity index (χ4n) is 5.69. The lowest BCUT2D eigenvalue weighted by Gasteiger charge is -2.38. The summed E-state index contributed by atoms with van der Waals surface area (Å²) < 4.78 is 0. The Labute approximate surface area is 188 Å². The van der Waals surface area contributed by atoms with Gasteiger partial charge in [-0.1, -0.05) is 138 Å². The maximum atomic E-state index is 2.80. The molecule has 2 unspecified atom stereocenters. The third-order valence-corrected chi connectivity index (χ3v) is 18.5. The van der Waals surface area contributed by atoms with Crippen molar-refractivity contribution in [3.8, 4) is 0 Å². The third kappa shape index (κ3) is 8.78. The van der Waals surface area contributed by atoms with Gasteiger partial charge in [-0.05, 0) is 18.3 Å². The standard InChI is InChI=1S/C25H52Si4/c1-26(2,3)15-10-18-29(19-11-16-27(4,5)6,20-12-17-28(7,8)9)25-22-23-13-14-24(25)21-23/h13-14,22-24H,10-12,15-21H2,1-9H3. The summed E-state index contributed by atoms with van der Waals surface area (Å²) in [5.41, 5.74) is 0. The van der Waals surface area contributed by atoms with E-state index in [1.165, 1.54) is 25.7 Å². The van der Waals surface area contributed by atoms with Gasteiger partial charge in [0.1, 0.15) is 0 Å². The van der Waals surface area contributed by atoms with Crippen LogP contribution in [-0.2, 0) is 0 Å². The van der Waals surface area contributed by atoms with E-state index in [4.69, 9.17) is 0 Å². The Bertz CT molecular complexity index is 533. The minimum atomic E-state index is -1.34. The van der Waals surface area contributed by atoms with Gasteiger partial charge < -0.3 is 0 Å². The van der Waals surface area contributed by atoms with E-state index in [0.29, 0.717) is 0 Å². The predicted octanol–water partition coefficient (Wildman–Crippen LogP) is 9.29. The quantitative estimate of drug-likeness (QED) is 0.188. The van der Waals surface area contributed by atoms with Crippen molar-refractivity contribution >= 4 is 32.3 Å². The molecule has 0 nitrogen and oxygen atoms in total. The zero-order valence-electron chi connectivity index (χ0n) is 21.5. The molecule has 0 aromatic carbocycles. The minimum Gasteiger partial charge on any atom is -0.0816 e. The summed E-state index contributed by atoms with van der Waals surface area (Å²) in [5.74, 6) is 1.64. The molecule has 0 aromatic rings. The first-order valence-corrected chi connectivity index (χ1v) is 26.3. The Morgan fingerprint density at radius 2 is 1.03 bits per heavy atom. The Kier molecular flexibility index (Phi) is 8.71. The van der Waals surface area contributed by atoms with Crippen LogP contribution >= 0.6 is 0 Å². The molecule has 0 saturated carbocycles. The van der Waals surface area contributed by atoms with Gasteiger partial charge in [0.05, 0.1) is 8.07 Å². The SMILES string of the molecule is C[Si](C)(C)CCC[Si](CCC[Si](C)(C)C)(CCC[Si](C)(C)C)C1=CC2C=CC1C2. The van der Waals surface area contributed by atoms with Gasteiger partial charge in [0.2, 0.25) is 0 Å². The molecule has 0 heterocycles. The van der Waals surface area contributed by atoms with Gasteiger partial charge in [-0.3, -0.25) is 0 Å². The van der Waals surface area contributed by atoms with Crippen molar-refractivity contribution in [3.05, 3.63) is 23.4 Å². The average molecular weight is 465 g/mol. The Morgan fingerprint density at radius 1 is 0.621 bits per heavy atom. The summed E-state index contributed by atoms with van der Waals surface area (Å²) in [5, 5.41) is 2.03. The monoisotopic (exact) mass is 464 g/mol. The smallest absolute Gasteiger partial charge is 0.0816 e. The van der Waals surface area contributed by atoms with Crippen LogP contribution in [0.15, 0.2) is 23.4 Å². The van der Waals surface area contributed by atoms with E-state index in [-0.39, 0.29) is 0 Å². The summed E-state index contributed by atoms with van der Waals surface area (Å²) in [6.07, 6.45) is 13.9. The fourth-order valence-corrected chi connectivity index (χ4v) is 16.2. The highest BCUT2D eigenvalue weighted by atomic mass is 28.3. The molecule has 0 amide bonds. The molecule has 2 bridgehead atoms. The minimum absolute atomic E-state index is 0.799. The zero-order chi connectivity index (χ0) is 21.9. The lowest BCUT2D eigenvalue weighted by Crippen LogP contribution is -2.40. The molecule has 2 atom stereocenters. The molecule has 29 heavy (non-hydrogen) atoms. The predicted molar refractivity (Wildman–Crippen MR) is 147 cm³/mol. The summed E-state index contributed by atoms with van der Waals surface area (Å²) >= 11 is 0. The normalized spacial score (nSPS) is 22.4. The average Bonchev–Trinajstić information content (AvgIpc) is 3.13. The summed E-state index contributed by atoms with van der Waals surface area (Å²) in [6.45, 7) is 23.2. The second kappa shape index (κ2) is 9.87. The second-order valence-electron chi connectivity index (χ2n) is 14.0. The highest BCUT2D eigenvalue weighted by Crippen LogP contribution is 2.48. The van der Waals surface area contributed by atoms with Crippen LogP contribution in [0.1, 0.15) is 25.7 Å². The molecular weight excluding hydrogens is 413 g/mol. The number of allylic oxidation sites excluding steroid dienone is 4. The highest BCUT2D eigenvalue weighted by molar-refractivity contribution is 6.87. The van der Waals surface area contributed by atoms with E-state index in [9.17, 15) is 0 Å². The van der Waals surface area contributed by atoms with Gasteiger partial charge in [-0.15, -0.1) is 0 Å². The van der Waals surface area contributed by atoms with Crippen LogP contribution in [-0.4, -0.2) is 32.3 Å². The van der Waals surface area contributed by atoms with Gasteiger partial charge in [0.15, 0.2) is 0 Å². The molecule has 0 aromatic heterocycles. The maximum Gasteiger partial charge on any atom is 0.0819 e. The van der Waals surface area contributed by atoms with Crippen molar-refractivity contribution in [2.24, 2.45) is 11.8 Å². The molecule has 0 spiro atoms. The van der Waals surface area contributed by atoms with E-state index in [2.05, 4.69) is 77.2 Å². The van der Waals surface area contributed by atoms with E-state index in [1.54, 1.807) is 36.3 Å². The first-order valence-electron chi connectivity index (χ1n) is 12.6. The molecule has 4 heteroatoms. The topological polar surface area (TPSA) is 0 Å². The van der Waals surface area contributed by atoms with Crippen LogP contribution in [0, 0.1) is 11.8 Å². The van der Waals surface area contributed by atoms with Crippen molar-refractivity contribution < 1.29 is 0 Å². The first-order chi connectivity index (χ1) is 13.2. The molecule has 2 aliphatic rings. The number of hydrogen-bond donors (Lipinski definition) is 0. The van der Waals surface area contributed by atoms with Gasteiger partial charge in [-0.25, -0.2) is 0 Å². The van der Waals surface area contributed by atoms with E-state index in [0.717, 1.165) is 11.8 Å². The molecule has 0 radical (unpaired) electrons. The largest absolute Gasteiger partial charge is 0.0819 e. The highest BCUT2D eigenvalue weighted by Gasteiger charge is 2.43. The number of rotatable bonds is 13. The van der Waals surface area contributed by atoms with E-state index < -0.39 is 32.3 Å². The Balaban J connectivity index is 2.20. The third-order valence-electron chi connectivity index (χ3n) is 7.27. The molecule has 168 valence electrons. The van der Waals surface area contributed by atoms with Crippen LogP contribution in [0.3, 0.4) is 0 Å². The summed E-state index contributed by atoms with van der Waals surface area (Å²) in [6, 6.07) is 9.45. The van der Waals surface area contributed by atoms with E-state index in [1.807, 2.05) is 5.20 Å². The molecule has 2 rings (SSSR count). The Hall–Kier alpha value is 0.348. The zero-order valence-corrected chi connectivity index (χ0v) is 25.5. The summed E-state index contributed by atoms with van der Waals surface area (Å²) in [4.78, 5) is 0. The molecule has 0 fully saturated rings. The van der Waals surface area contributed by atoms with Gasteiger partial charge in [0.25, 0.3) is 0 Å². The van der Waals surface area contributed by atoms with E-state index >= 15 is 0 Å². The van der Waals surface area contributed by atoms with Crippen molar-refractivity contribution in [3.63, 3.8) is 0 Å². The second-order valence-corrected chi connectivity index (χ2v) is 35.5. The summed E-state index contributed by atoms with van der Waals surface area (Å²) in [7, 11) is -4.14. The van der Waals surface area contributed by atoms with Gasteiger partial charge in [0, 0.05) is 24.2 Å². The van der Waals surface area contributed by atoms with Crippen LogP contribution in [0.2, 0.25) is 95.2 Å². The molecular formula is C25H52Si4. The lowest BCUT2D eigenvalue weighted by atomic mass is 10.2. The van der Waals surface area contributed by atoms with Crippen molar-refractivity contribution in [1.82, 2.24) is 0 Å². The van der Waals surface area contributed by atoms with Crippen LogP contribution in [0.5, 0.6) is 0 Å². The molecule has 0 N–H and O–H groups in total. The number of fused-ring (bicyclic) bond motifs is 2. The van der Waals surface area contributed by atoms with Gasteiger partial charge in [-0.2, -0.15) is 0 Å². The van der Waals surface area contributed by atoms with Crippen molar-refractivity contribution in [1.29, 1.82) is 0 Å². The van der Waals surface area contributed by atoms with Crippen LogP contribution in [0.4, 0.5) is 0 Å². The van der Waals surface area contributed by atoms with Gasteiger partial charge >= 0.3 is 0 Å². The Morgan fingerprint density at radius 3 is 1.31 bits per heavy atom. The van der Waals surface area contributed by atoms with Crippen molar-refractivity contribution in [2.75, 3.05) is 0 Å². The van der Waals surface area contributed by atoms with Crippen LogP contribution in [0.25, 0.3) is 0 Å². The van der Waals surface area contributed by atoms with Crippen LogP contribution < -0.4 is 0 Å². The first kappa shape index (κ1) is 25.6. The van der Waals surface area contributed by atoms with Crippen molar-refractivity contribution in [2.45, 2.75) is 121 Å². The maximum absolute atomic E-state index is 2.80. The molecule has 2 aliphatic carbocycles.